The first-order valence-corrected chi connectivity index (χ1v) is 6.78. The Bertz CT molecular complexity index is 453. The van der Waals surface area contributed by atoms with Gasteiger partial charge in [-0.25, -0.2) is 0 Å². The SMILES string of the molecule is CCOC(=O)C(CSc1ccccc1[N+](=O)[O-])NC. The van der Waals surface area contributed by atoms with E-state index >= 15 is 0 Å². The second kappa shape index (κ2) is 7.75. The van der Waals surface area contributed by atoms with Crippen molar-refractivity contribution in [1.82, 2.24) is 5.32 Å². The van der Waals surface area contributed by atoms with Crippen LogP contribution in [0.15, 0.2) is 29.2 Å². The Kier molecular flexibility index (Phi) is 6.31. The number of hydrogen-bond donors (Lipinski definition) is 1. The van der Waals surface area contributed by atoms with Crippen molar-refractivity contribution in [2.45, 2.75) is 17.9 Å². The molecule has 0 saturated carbocycles. The normalized spacial score (nSPS) is 11.9. The van der Waals surface area contributed by atoms with Crippen LogP contribution >= 0.6 is 11.8 Å². The Labute approximate surface area is 115 Å². The van der Waals surface area contributed by atoms with Gasteiger partial charge in [-0.05, 0) is 20.0 Å². The fourth-order valence-corrected chi connectivity index (χ4v) is 2.53. The molecule has 7 heteroatoms. The molecule has 0 spiro atoms. The molecule has 1 aromatic carbocycles. The van der Waals surface area contributed by atoms with E-state index in [9.17, 15) is 14.9 Å². The molecule has 0 saturated heterocycles. The predicted octanol–water partition coefficient (Wildman–Crippen LogP) is 1.84. The van der Waals surface area contributed by atoms with Crippen LogP contribution in [0.2, 0.25) is 0 Å². The maximum Gasteiger partial charge on any atom is 0.323 e. The van der Waals surface area contributed by atoms with Gasteiger partial charge >= 0.3 is 5.97 Å². The van der Waals surface area contributed by atoms with E-state index in [2.05, 4.69) is 5.32 Å². The van der Waals surface area contributed by atoms with E-state index in [1.807, 2.05) is 0 Å². The lowest BCUT2D eigenvalue weighted by atomic mass is 10.3. The van der Waals surface area contributed by atoms with Gasteiger partial charge in [-0.15, -0.1) is 11.8 Å². The molecule has 1 rings (SSSR count). The van der Waals surface area contributed by atoms with Crippen molar-refractivity contribution in [3.8, 4) is 0 Å². The third-order valence-corrected chi connectivity index (χ3v) is 3.54. The van der Waals surface area contributed by atoms with E-state index in [-0.39, 0.29) is 11.7 Å². The largest absolute Gasteiger partial charge is 0.465 e. The molecule has 0 fully saturated rings. The summed E-state index contributed by atoms with van der Waals surface area (Å²) in [6, 6.07) is 5.98. The zero-order chi connectivity index (χ0) is 14.3. The number of rotatable bonds is 7. The first-order valence-electron chi connectivity index (χ1n) is 5.80. The van der Waals surface area contributed by atoms with E-state index in [0.29, 0.717) is 17.3 Å². The van der Waals surface area contributed by atoms with Gasteiger partial charge in [0, 0.05) is 11.8 Å². The lowest BCUT2D eigenvalue weighted by molar-refractivity contribution is -0.387. The molecule has 0 radical (unpaired) electrons. The van der Waals surface area contributed by atoms with Crippen molar-refractivity contribution in [3.63, 3.8) is 0 Å². The van der Waals surface area contributed by atoms with Crippen molar-refractivity contribution >= 4 is 23.4 Å². The summed E-state index contributed by atoms with van der Waals surface area (Å²) in [5, 5.41) is 13.7. The number of nitrogens with zero attached hydrogens (tertiary/aromatic N) is 1. The summed E-state index contributed by atoms with van der Waals surface area (Å²) in [5.41, 5.74) is 0.0474. The van der Waals surface area contributed by atoms with Gasteiger partial charge in [0.2, 0.25) is 0 Å². The number of nitro benzene ring substituents is 1. The fourth-order valence-electron chi connectivity index (χ4n) is 1.42. The minimum Gasteiger partial charge on any atom is -0.465 e. The average Bonchev–Trinajstić information content (AvgIpc) is 2.40. The summed E-state index contributed by atoms with van der Waals surface area (Å²) in [4.78, 5) is 22.5. The lowest BCUT2D eigenvalue weighted by Crippen LogP contribution is -2.37. The second-order valence-electron chi connectivity index (χ2n) is 3.63. The van der Waals surface area contributed by atoms with Gasteiger partial charge in [0.05, 0.1) is 16.4 Å². The molecule has 0 aromatic heterocycles. The van der Waals surface area contributed by atoms with E-state index < -0.39 is 11.0 Å². The molecule has 1 atom stereocenters. The molecule has 0 heterocycles. The molecule has 0 amide bonds. The third kappa shape index (κ3) is 4.53. The maximum absolute atomic E-state index is 11.6. The van der Waals surface area contributed by atoms with Crippen LogP contribution in [0.3, 0.4) is 0 Å². The Hall–Kier alpha value is -1.60. The second-order valence-corrected chi connectivity index (χ2v) is 4.69. The molecule has 6 nitrogen and oxygen atoms in total. The van der Waals surface area contributed by atoms with Gasteiger partial charge in [0.15, 0.2) is 0 Å². The van der Waals surface area contributed by atoms with Crippen LogP contribution < -0.4 is 5.32 Å². The monoisotopic (exact) mass is 284 g/mol. The maximum atomic E-state index is 11.6. The molecule has 1 aromatic rings. The summed E-state index contributed by atoms with van der Waals surface area (Å²) in [6.45, 7) is 2.05. The molecule has 0 bridgehead atoms. The number of carbonyl (C=O) groups is 1. The molecular formula is C12H16N2O4S. The van der Waals surface area contributed by atoms with E-state index in [1.54, 1.807) is 32.2 Å². The smallest absolute Gasteiger partial charge is 0.323 e. The Balaban J connectivity index is 2.70. The Morgan fingerprint density at radius 1 is 1.53 bits per heavy atom. The first-order chi connectivity index (χ1) is 9.10. The fraction of sp³-hybridized carbons (Fsp3) is 0.417. The third-order valence-electron chi connectivity index (χ3n) is 2.39. The van der Waals surface area contributed by atoms with Gasteiger partial charge in [-0.2, -0.15) is 0 Å². The molecule has 19 heavy (non-hydrogen) atoms. The first kappa shape index (κ1) is 15.5. The average molecular weight is 284 g/mol. The number of nitrogens with one attached hydrogen (secondary N) is 1. The highest BCUT2D eigenvalue weighted by molar-refractivity contribution is 7.99. The molecule has 104 valence electrons. The highest BCUT2D eigenvalue weighted by Crippen LogP contribution is 2.29. The summed E-state index contributed by atoms with van der Waals surface area (Å²) in [6.07, 6.45) is 0. The zero-order valence-electron chi connectivity index (χ0n) is 10.8. The number of likely N-dealkylation sites (N-methyl/N-ethyl adjacent to an activating group) is 1. The minimum absolute atomic E-state index is 0.0474. The number of esters is 1. The zero-order valence-corrected chi connectivity index (χ0v) is 11.6. The van der Waals surface area contributed by atoms with Crippen molar-refractivity contribution in [2.24, 2.45) is 0 Å². The number of thioether (sulfide) groups is 1. The molecule has 0 aliphatic rings. The van der Waals surface area contributed by atoms with Gasteiger partial charge in [-0.1, -0.05) is 12.1 Å². The van der Waals surface area contributed by atoms with Crippen molar-refractivity contribution < 1.29 is 14.5 Å². The summed E-state index contributed by atoms with van der Waals surface area (Å²) >= 11 is 1.26. The number of nitro groups is 1. The van der Waals surface area contributed by atoms with Crippen LogP contribution in [-0.2, 0) is 9.53 Å². The minimum atomic E-state index is -0.482. The van der Waals surface area contributed by atoms with E-state index in [1.165, 1.54) is 17.8 Å². The number of hydrogen-bond acceptors (Lipinski definition) is 6. The van der Waals surface area contributed by atoms with Crippen molar-refractivity contribution in [3.05, 3.63) is 34.4 Å². The van der Waals surface area contributed by atoms with E-state index in [4.69, 9.17) is 4.74 Å². The number of ether oxygens (including phenoxy) is 1. The predicted molar refractivity (Wildman–Crippen MR) is 73.3 cm³/mol. The number of carbonyl (C=O) groups excluding carboxylic acids is 1. The molecular weight excluding hydrogens is 268 g/mol. The quantitative estimate of drug-likeness (QED) is 0.356. The van der Waals surface area contributed by atoms with Crippen LogP contribution in [0.25, 0.3) is 0 Å². The van der Waals surface area contributed by atoms with Gasteiger partial charge in [0.1, 0.15) is 6.04 Å². The lowest BCUT2D eigenvalue weighted by Gasteiger charge is -2.14. The van der Waals surface area contributed by atoms with Gasteiger partial charge in [0.25, 0.3) is 5.69 Å². The highest BCUT2D eigenvalue weighted by atomic mass is 32.2. The number of benzene rings is 1. The van der Waals surface area contributed by atoms with Crippen molar-refractivity contribution in [1.29, 1.82) is 0 Å². The van der Waals surface area contributed by atoms with Crippen LogP contribution in [0.5, 0.6) is 0 Å². The van der Waals surface area contributed by atoms with Gasteiger partial charge < -0.3 is 10.1 Å². The standard InChI is InChI=1S/C12H16N2O4S/c1-3-18-12(15)9(13-2)8-19-11-7-5-4-6-10(11)14(16)17/h4-7,9,13H,3,8H2,1-2H3. The highest BCUT2D eigenvalue weighted by Gasteiger charge is 2.20. The summed E-state index contributed by atoms with van der Waals surface area (Å²) < 4.78 is 4.91. The molecule has 1 N–H and O–H groups in total. The van der Waals surface area contributed by atoms with Gasteiger partial charge in [-0.3, -0.25) is 14.9 Å². The Morgan fingerprint density at radius 2 is 2.21 bits per heavy atom. The van der Waals surface area contributed by atoms with Crippen molar-refractivity contribution in [2.75, 3.05) is 19.4 Å². The van der Waals surface area contributed by atoms with Crippen LogP contribution in [-0.4, -0.2) is 36.3 Å². The molecule has 1 unspecified atom stereocenters. The summed E-state index contributed by atoms with van der Waals surface area (Å²) in [7, 11) is 1.65. The van der Waals surface area contributed by atoms with Crippen LogP contribution in [0.4, 0.5) is 5.69 Å². The molecule has 0 aliphatic heterocycles. The number of para-hydroxylation sites is 1. The van der Waals surface area contributed by atoms with E-state index in [0.717, 1.165) is 0 Å². The van der Waals surface area contributed by atoms with Crippen LogP contribution in [0, 0.1) is 10.1 Å². The summed E-state index contributed by atoms with van der Waals surface area (Å²) in [5.74, 6) is 0.0243. The topological polar surface area (TPSA) is 81.5 Å². The molecule has 0 aliphatic carbocycles. The van der Waals surface area contributed by atoms with Crippen LogP contribution in [0.1, 0.15) is 6.92 Å². The Morgan fingerprint density at radius 3 is 2.79 bits per heavy atom.